The van der Waals surface area contributed by atoms with E-state index in [4.69, 9.17) is 0 Å². The minimum Gasteiger partial charge on any atom is -0.335 e. The van der Waals surface area contributed by atoms with E-state index in [1.165, 1.54) is 22.2 Å². The topological polar surface area (TPSA) is 93.1 Å². The summed E-state index contributed by atoms with van der Waals surface area (Å²) in [6.45, 7) is 1.74. The van der Waals surface area contributed by atoms with Crippen LogP contribution in [-0.4, -0.2) is 27.5 Å². The van der Waals surface area contributed by atoms with Gasteiger partial charge in [-0.1, -0.05) is 42.7 Å². The maximum atomic E-state index is 13.0. The molecule has 7 nitrogen and oxygen atoms in total. The van der Waals surface area contributed by atoms with Crippen molar-refractivity contribution in [3.05, 3.63) is 51.9 Å². The number of fused-ring (bicyclic) bond motifs is 1. The van der Waals surface area contributed by atoms with E-state index in [-0.39, 0.29) is 18.1 Å². The Morgan fingerprint density at radius 1 is 1.21 bits per heavy atom. The van der Waals surface area contributed by atoms with E-state index in [0.717, 1.165) is 42.4 Å². The van der Waals surface area contributed by atoms with Gasteiger partial charge in [0, 0.05) is 17.0 Å². The standard InChI is InChI=1S/C21H22N4O3S/c1-13-6-8-14(9-7-13)16-11-29-19-18(16)20(27)25(12-22-19)10-17(26)24-21(28)23-15-4-2-3-5-15/h6-9,11-12,15H,2-5,10H2,1H3,(H2,23,24,26,28). The summed E-state index contributed by atoms with van der Waals surface area (Å²) in [6, 6.07) is 7.52. The van der Waals surface area contributed by atoms with Crippen LogP contribution in [0.1, 0.15) is 31.2 Å². The molecule has 4 rings (SSSR count). The zero-order valence-electron chi connectivity index (χ0n) is 16.1. The van der Waals surface area contributed by atoms with E-state index >= 15 is 0 Å². The number of carbonyl (C=O) groups is 2. The molecule has 0 saturated heterocycles. The molecule has 1 saturated carbocycles. The van der Waals surface area contributed by atoms with Crippen molar-refractivity contribution in [2.75, 3.05) is 0 Å². The summed E-state index contributed by atoms with van der Waals surface area (Å²) < 4.78 is 1.24. The van der Waals surface area contributed by atoms with Crippen molar-refractivity contribution in [3.8, 4) is 11.1 Å². The number of aryl methyl sites for hydroxylation is 1. The zero-order valence-corrected chi connectivity index (χ0v) is 16.9. The average molecular weight is 410 g/mol. The number of benzene rings is 1. The number of nitrogens with one attached hydrogen (secondary N) is 2. The summed E-state index contributed by atoms with van der Waals surface area (Å²) in [7, 11) is 0. The van der Waals surface area contributed by atoms with Gasteiger partial charge in [-0.25, -0.2) is 9.78 Å². The lowest BCUT2D eigenvalue weighted by molar-refractivity contribution is -0.120. The van der Waals surface area contributed by atoms with Gasteiger partial charge in [0.25, 0.3) is 5.56 Å². The van der Waals surface area contributed by atoms with Crippen molar-refractivity contribution in [2.45, 2.75) is 45.2 Å². The molecule has 2 N–H and O–H groups in total. The molecule has 1 aliphatic rings. The van der Waals surface area contributed by atoms with Crippen LogP contribution in [0.4, 0.5) is 4.79 Å². The second kappa shape index (κ2) is 8.16. The lowest BCUT2D eigenvalue weighted by Crippen LogP contribution is -2.45. The number of amides is 3. The first-order valence-corrected chi connectivity index (χ1v) is 10.5. The third-order valence-corrected chi connectivity index (χ3v) is 6.07. The van der Waals surface area contributed by atoms with Gasteiger partial charge in [0.1, 0.15) is 11.4 Å². The quantitative estimate of drug-likeness (QED) is 0.691. The molecule has 29 heavy (non-hydrogen) atoms. The fourth-order valence-electron chi connectivity index (χ4n) is 3.64. The number of carbonyl (C=O) groups excluding carboxylic acids is 2. The molecule has 0 aliphatic heterocycles. The molecule has 0 radical (unpaired) electrons. The van der Waals surface area contributed by atoms with Crippen molar-refractivity contribution in [1.29, 1.82) is 0 Å². The first-order chi connectivity index (χ1) is 14.0. The Labute approximate surface area is 171 Å². The fourth-order valence-corrected chi connectivity index (χ4v) is 4.54. The van der Waals surface area contributed by atoms with E-state index in [9.17, 15) is 14.4 Å². The molecule has 2 aromatic heterocycles. The number of nitrogens with zero attached hydrogens (tertiary/aromatic N) is 2. The molecule has 0 unspecified atom stereocenters. The summed E-state index contributed by atoms with van der Waals surface area (Å²) in [6.07, 6.45) is 5.39. The van der Waals surface area contributed by atoms with Crippen LogP contribution in [-0.2, 0) is 11.3 Å². The highest BCUT2D eigenvalue weighted by Gasteiger charge is 2.19. The number of urea groups is 1. The van der Waals surface area contributed by atoms with Gasteiger partial charge in [0.2, 0.25) is 5.91 Å². The van der Waals surface area contributed by atoms with Crippen LogP contribution in [0.3, 0.4) is 0 Å². The second-order valence-electron chi connectivity index (χ2n) is 7.38. The molecule has 1 fully saturated rings. The Balaban J connectivity index is 1.53. The highest BCUT2D eigenvalue weighted by molar-refractivity contribution is 7.17. The summed E-state index contributed by atoms with van der Waals surface area (Å²) in [5.41, 5.74) is 2.57. The molecule has 1 aromatic carbocycles. The minimum atomic E-state index is -0.545. The van der Waals surface area contributed by atoms with Gasteiger partial charge in [0.05, 0.1) is 11.7 Å². The molecule has 3 amide bonds. The van der Waals surface area contributed by atoms with Gasteiger partial charge in [-0.2, -0.15) is 0 Å². The molecular formula is C21H22N4O3S. The molecule has 0 atom stereocenters. The second-order valence-corrected chi connectivity index (χ2v) is 8.23. The Morgan fingerprint density at radius 3 is 2.66 bits per heavy atom. The molecule has 2 heterocycles. The zero-order chi connectivity index (χ0) is 20.4. The summed E-state index contributed by atoms with van der Waals surface area (Å²) in [4.78, 5) is 42.2. The van der Waals surface area contributed by atoms with Crippen LogP contribution in [0.25, 0.3) is 21.3 Å². The van der Waals surface area contributed by atoms with E-state index in [0.29, 0.717) is 10.2 Å². The lowest BCUT2D eigenvalue weighted by atomic mass is 10.1. The van der Waals surface area contributed by atoms with E-state index in [1.807, 2.05) is 36.6 Å². The number of aromatic nitrogens is 2. The van der Waals surface area contributed by atoms with Gasteiger partial charge in [-0.3, -0.25) is 19.5 Å². The van der Waals surface area contributed by atoms with Crippen LogP contribution < -0.4 is 16.2 Å². The number of thiophene rings is 1. The van der Waals surface area contributed by atoms with Crippen LogP contribution in [0.2, 0.25) is 0 Å². The van der Waals surface area contributed by atoms with Gasteiger partial charge in [-0.05, 0) is 25.3 Å². The summed E-state index contributed by atoms with van der Waals surface area (Å²) >= 11 is 1.39. The normalized spacial score (nSPS) is 14.2. The Hall–Kier alpha value is -3.00. The fraction of sp³-hybridized carbons (Fsp3) is 0.333. The molecule has 3 aromatic rings. The third-order valence-electron chi connectivity index (χ3n) is 5.18. The highest BCUT2D eigenvalue weighted by atomic mass is 32.1. The van der Waals surface area contributed by atoms with Crippen molar-refractivity contribution in [2.24, 2.45) is 0 Å². The number of rotatable bonds is 4. The molecular weight excluding hydrogens is 388 g/mol. The van der Waals surface area contributed by atoms with Gasteiger partial charge < -0.3 is 5.32 Å². The first kappa shape index (κ1) is 19.3. The van der Waals surface area contributed by atoms with E-state index in [2.05, 4.69) is 15.6 Å². The summed E-state index contributed by atoms with van der Waals surface area (Å²) in [5, 5.41) is 7.50. The average Bonchev–Trinajstić information content (AvgIpc) is 3.34. The number of hydrogen-bond donors (Lipinski definition) is 2. The Morgan fingerprint density at radius 2 is 1.93 bits per heavy atom. The van der Waals surface area contributed by atoms with E-state index in [1.54, 1.807) is 0 Å². The van der Waals surface area contributed by atoms with Crippen molar-refractivity contribution < 1.29 is 9.59 Å². The van der Waals surface area contributed by atoms with Crippen LogP contribution in [0.5, 0.6) is 0 Å². The monoisotopic (exact) mass is 410 g/mol. The highest BCUT2D eigenvalue weighted by Crippen LogP contribution is 2.30. The maximum Gasteiger partial charge on any atom is 0.321 e. The van der Waals surface area contributed by atoms with Crippen LogP contribution in [0, 0.1) is 6.92 Å². The largest absolute Gasteiger partial charge is 0.335 e. The third kappa shape index (κ3) is 4.22. The predicted octanol–water partition coefficient (Wildman–Crippen LogP) is 3.20. The molecule has 1 aliphatic carbocycles. The molecule has 8 heteroatoms. The van der Waals surface area contributed by atoms with Crippen molar-refractivity contribution in [3.63, 3.8) is 0 Å². The predicted molar refractivity (Wildman–Crippen MR) is 113 cm³/mol. The van der Waals surface area contributed by atoms with Crippen LogP contribution in [0.15, 0.2) is 40.8 Å². The number of imide groups is 1. The smallest absolute Gasteiger partial charge is 0.321 e. The van der Waals surface area contributed by atoms with E-state index < -0.39 is 11.9 Å². The summed E-state index contributed by atoms with van der Waals surface area (Å²) in [5.74, 6) is -0.545. The lowest BCUT2D eigenvalue weighted by Gasteiger charge is -2.12. The van der Waals surface area contributed by atoms with Crippen molar-refractivity contribution >= 4 is 33.5 Å². The molecule has 150 valence electrons. The Kier molecular flexibility index (Phi) is 5.44. The van der Waals surface area contributed by atoms with Crippen LogP contribution >= 0.6 is 11.3 Å². The van der Waals surface area contributed by atoms with Gasteiger partial charge in [-0.15, -0.1) is 11.3 Å². The van der Waals surface area contributed by atoms with Gasteiger partial charge in [0.15, 0.2) is 0 Å². The van der Waals surface area contributed by atoms with Crippen molar-refractivity contribution in [1.82, 2.24) is 20.2 Å². The molecule has 0 bridgehead atoms. The SMILES string of the molecule is Cc1ccc(-c2csc3ncn(CC(=O)NC(=O)NC4CCCC4)c(=O)c23)cc1. The number of hydrogen-bond acceptors (Lipinski definition) is 5. The first-order valence-electron chi connectivity index (χ1n) is 9.65. The van der Waals surface area contributed by atoms with Gasteiger partial charge >= 0.3 is 6.03 Å². The molecule has 0 spiro atoms. The Bertz CT molecular complexity index is 1110. The minimum absolute atomic E-state index is 0.117. The maximum absolute atomic E-state index is 13.0.